The van der Waals surface area contributed by atoms with Crippen molar-refractivity contribution in [1.82, 2.24) is 4.90 Å². The van der Waals surface area contributed by atoms with Gasteiger partial charge in [-0.2, -0.15) is 0 Å². The van der Waals surface area contributed by atoms with E-state index in [-0.39, 0.29) is 0 Å². The minimum atomic E-state index is -1.28. The van der Waals surface area contributed by atoms with Crippen molar-refractivity contribution in [3.05, 3.63) is 93.3 Å². The standard InChI is InChI=1S/C28H28ClNO4S/c1-32-24-10-11-25-26(19-24)35-27(18-20-2-6-22(29)7-3-20)28(25,31)21-4-8-23(9-5-21)34-17-14-30-12-15-33-16-13-30/h2-11,18-19,31H,12-17H2,1H3. The van der Waals surface area contributed by atoms with Gasteiger partial charge < -0.3 is 19.3 Å². The predicted molar refractivity (Wildman–Crippen MR) is 140 cm³/mol. The lowest BCUT2D eigenvalue weighted by Crippen LogP contribution is -2.38. The number of ether oxygens (including phenoxy) is 3. The van der Waals surface area contributed by atoms with Gasteiger partial charge in [0.05, 0.1) is 20.3 Å². The van der Waals surface area contributed by atoms with Crippen LogP contribution in [0, 0.1) is 0 Å². The van der Waals surface area contributed by atoms with Crippen LogP contribution in [0.3, 0.4) is 0 Å². The van der Waals surface area contributed by atoms with Crippen LogP contribution in [-0.2, 0) is 10.3 Å². The number of methoxy groups -OCH3 is 1. The van der Waals surface area contributed by atoms with Gasteiger partial charge in [0, 0.05) is 40.0 Å². The van der Waals surface area contributed by atoms with Gasteiger partial charge in [0.2, 0.25) is 0 Å². The van der Waals surface area contributed by atoms with E-state index in [2.05, 4.69) is 4.90 Å². The van der Waals surface area contributed by atoms with Crippen LogP contribution < -0.4 is 9.47 Å². The molecule has 0 aromatic heterocycles. The molecule has 0 spiro atoms. The molecule has 1 atom stereocenters. The summed E-state index contributed by atoms with van der Waals surface area (Å²) in [5, 5.41) is 12.9. The van der Waals surface area contributed by atoms with Crippen LogP contribution in [-0.4, -0.2) is 56.6 Å². The maximum absolute atomic E-state index is 12.2. The zero-order valence-corrected chi connectivity index (χ0v) is 21.1. The fourth-order valence-corrected chi connectivity index (χ4v) is 5.82. The molecule has 0 amide bonds. The molecule has 35 heavy (non-hydrogen) atoms. The van der Waals surface area contributed by atoms with E-state index in [1.807, 2.05) is 72.8 Å². The Hall–Kier alpha value is -2.48. The van der Waals surface area contributed by atoms with Crippen LogP contribution in [0.1, 0.15) is 16.7 Å². The third kappa shape index (κ3) is 5.22. The Balaban J connectivity index is 1.41. The first-order valence-corrected chi connectivity index (χ1v) is 12.9. The summed E-state index contributed by atoms with van der Waals surface area (Å²) in [5.74, 6) is 1.55. The van der Waals surface area contributed by atoms with Gasteiger partial charge in [0.15, 0.2) is 0 Å². The lowest BCUT2D eigenvalue weighted by Gasteiger charge is -2.27. The molecule has 2 aliphatic rings. The lowest BCUT2D eigenvalue weighted by molar-refractivity contribution is 0.0322. The van der Waals surface area contributed by atoms with Crippen LogP contribution in [0.25, 0.3) is 6.08 Å². The van der Waals surface area contributed by atoms with Crippen LogP contribution in [0.4, 0.5) is 0 Å². The average Bonchev–Trinajstić information content (AvgIpc) is 3.17. The highest BCUT2D eigenvalue weighted by atomic mass is 35.5. The molecule has 1 unspecified atom stereocenters. The van der Waals surface area contributed by atoms with E-state index in [0.29, 0.717) is 11.6 Å². The summed E-state index contributed by atoms with van der Waals surface area (Å²) in [7, 11) is 1.65. The predicted octanol–water partition coefficient (Wildman–Crippen LogP) is 5.44. The van der Waals surface area contributed by atoms with Gasteiger partial charge in [0.25, 0.3) is 0 Å². The minimum Gasteiger partial charge on any atom is -0.497 e. The second-order valence-electron chi connectivity index (χ2n) is 8.56. The first-order valence-electron chi connectivity index (χ1n) is 11.7. The maximum atomic E-state index is 12.2. The molecule has 0 radical (unpaired) electrons. The number of aliphatic hydroxyl groups is 1. The first kappa shape index (κ1) is 24.2. The van der Waals surface area contributed by atoms with Gasteiger partial charge in [-0.05, 0) is 53.6 Å². The average molecular weight is 510 g/mol. The second kappa shape index (κ2) is 10.6. The third-order valence-corrected chi connectivity index (χ3v) is 7.82. The molecule has 0 bridgehead atoms. The quantitative estimate of drug-likeness (QED) is 0.457. The topological polar surface area (TPSA) is 51.2 Å². The highest BCUT2D eigenvalue weighted by molar-refractivity contribution is 8.03. The Morgan fingerprint density at radius 3 is 2.46 bits per heavy atom. The van der Waals surface area contributed by atoms with Gasteiger partial charge in [0.1, 0.15) is 23.7 Å². The molecule has 5 nitrogen and oxygen atoms in total. The smallest absolute Gasteiger partial charge is 0.147 e. The molecule has 1 saturated heterocycles. The molecule has 3 aromatic carbocycles. The van der Waals surface area contributed by atoms with Gasteiger partial charge in [-0.25, -0.2) is 0 Å². The van der Waals surface area contributed by atoms with E-state index in [9.17, 15) is 5.11 Å². The number of hydrogen-bond acceptors (Lipinski definition) is 6. The van der Waals surface area contributed by atoms with Gasteiger partial charge in [-0.3, -0.25) is 4.90 Å². The molecule has 1 N–H and O–H groups in total. The Morgan fingerprint density at radius 1 is 1.03 bits per heavy atom. The molecule has 3 aromatic rings. The molecule has 0 saturated carbocycles. The SMILES string of the molecule is COc1ccc2c(c1)SC(=Cc1ccc(Cl)cc1)C2(O)c1ccc(OCCN2CCOCC2)cc1. The Bertz CT molecular complexity index is 1190. The Morgan fingerprint density at radius 2 is 1.74 bits per heavy atom. The second-order valence-corrected chi connectivity index (χ2v) is 10.1. The number of halogens is 1. The number of nitrogens with zero attached hydrogens (tertiary/aromatic N) is 1. The zero-order valence-electron chi connectivity index (χ0n) is 19.6. The molecule has 182 valence electrons. The van der Waals surface area contributed by atoms with E-state index in [1.165, 1.54) is 0 Å². The van der Waals surface area contributed by atoms with Crippen molar-refractivity contribution >= 4 is 29.4 Å². The maximum Gasteiger partial charge on any atom is 0.147 e. The molecule has 0 aliphatic carbocycles. The number of fused-ring (bicyclic) bond motifs is 1. The van der Waals surface area contributed by atoms with Crippen molar-refractivity contribution in [2.45, 2.75) is 10.5 Å². The first-order chi connectivity index (χ1) is 17.1. The minimum absolute atomic E-state index is 0.615. The third-order valence-electron chi connectivity index (χ3n) is 6.37. The van der Waals surface area contributed by atoms with Crippen molar-refractivity contribution in [3.8, 4) is 11.5 Å². The van der Waals surface area contributed by atoms with Gasteiger partial charge in [-0.1, -0.05) is 53.7 Å². The van der Waals surface area contributed by atoms with Crippen LogP contribution in [0.15, 0.2) is 76.5 Å². The molecule has 1 fully saturated rings. The molecule has 7 heteroatoms. The zero-order chi connectivity index (χ0) is 24.3. The van der Waals surface area contributed by atoms with Crippen molar-refractivity contribution in [1.29, 1.82) is 0 Å². The highest BCUT2D eigenvalue weighted by Gasteiger charge is 2.44. The van der Waals surface area contributed by atoms with E-state index in [4.69, 9.17) is 25.8 Å². The van der Waals surface area contributed by atoms with E-state index in [0.717, 1.165) is 70.8 Å². The summed E-state index contributed by atoms with van der Waals surface area (Å²) >= 11 is 7.62. The largest absolute Gasteiger partial charge is 0.497 e. The number of morpholine rings is 1. The van der Waals surface area contributed by atoms with E-state index < -0.39 is 5.60 Å². The van der Waals surface area contributed by atoms with Crippen LogP contribution in [0.5, 0.6) is 11.5 Å². The summed E-state index contributed by atoms with van der Waals surface area (Å²) in [5.41, 5.74) is 1.32. The van der Waals surface area contributed by atoms with Gasteiger partial charge >= 0.3 is 0 Å². The highest BCUT2D eigenvalue weighted by Crippen LogP contribution is 2.55. The monoisotopic (exact) mass is 509 g/mol. The van der Waals surface area contributed by atoms with Crippen molar-refractivity contribution in [2.75, 3.05) is 46.6 Å². The summed E-state index contributed by atoms with van der Waals surface area (Å²) in [6, 6.07) is 21.1. The molecule has 2 aliphatic heterocycles. The van der Waals surface area contributed by atoms with Gasteiger partial charge in [-0.15, -0.1) is 0 Å². The summed E-state index contributed by atoms with van der Waals surface area (Å²) in [6.07, 6.45) is 2.01. The van der Waals surface area contributed by atoms with Crippen LogP contribution >= 0.6 is 23.4 Å². The number of thioether (sulfide) groups is 1. The Labute approximate surface area is 215 Å². The van der Waals surface area contributed by atoms with E-state index >= 15 is 0 Å². The number of benzene rings is 3. The van der Waals surface area contributed by atoms with Crippen LogP contribution in [0.2, 0.25) is 5.02 Å². The summed E-state index contributed by atoms with van der Waals surface area (Å²) in [6.45, 7) is 4.94. The number of rotatable bonds is 7. The molecular formula is C28H28ClNO4S. The molecule has 5 rings (SSSR count). The number of hydrogen-bond donors (Lipinski definition) is 1. The van der Waals surface area contributed by atoms with Crippen molar-refractivity contribution < 1.29 is 19.3 Å². The molecule has 2 heterocycles. The van der Waals surface area contributed by atoms with Crippen molar-refractivity contribution in [2.24, 2.45) is 0 Å². The summed E-state index contributed by atoms with van der Waals surface area (Å²) < 4.78 is 16.8. The fraction of sp³-hybridized carbons (Fsp3) is 0.286. The molecular weight excluding hydrogens is 482 g/mol. The summed E-state index contributed by atoms with van der Waals surface area (Å²) in [4.78, 5) is 4.14. The van der Waals surface area contributed by atoms with Crippen molar-refractivity contribution in [3.63, 3.8) is 0 Å². The van der Waals surface area contributed by atoms with E-state index in [1.54, 1.807) is 18.9 Å². The Kier molecular flexibility index (Phi) is 7.37. The fourth-order valence-electron chi connectivity index (χ4n) is 4.39. The normalized spacial score (nSPS) is 21.2. The lowest BCUT2D eigenvalue weighted by atomic mass is 9.85.